The number of ether oxygens (including phenoxy) is 3. The monoisotopic (exact) mass is 468 g/mol. The lowest BCUT2D eigenvalue weighted by Gasteiger charge is -2.37. The van der Waals surface area contributed by atoms with Crippen LogP contribution in [-0.2, 0) is 24.2 Å². The maximum absolute atomic E-state index is 12.8. The highest BCUT2D eigenvalue weighted by molar-refractivity contribution is 5.79. The summed E-state index contributed by atoms with van der Waals surface area (Å²) >= 11 is 0. The number of aliphatic hydroxyl groups excluding tert-OH is 1. The number of nitrogens with one attached hydrogen (secondary N) is 1. The third kappa shape index (κ3) is 6.02. The number of carbonyl (C=O) groups excluding carboxylic acids is 1. The van der Waals surface area contributed by atoms with Gasteiger partial charge in [-0.15, -0.1) is 0 Å². The van der Waals surface area contributed by atoms with Gasteiger partial charge in [0.25, 0.3) is 0 Å². The van der Waals surface area contributed by atoms with Crippen LogP contribution in [0.2, 0.25) is 0 Å². The number of hydrogen-bond donors (Lipinski definition) is 2. The molecule has 184 valence electrons. The Balaban J connectivity index is 1.43. The molecule has 0 unspecified atom stereocenters. The van der Waals surface area contributed by atoms with Crippen LogP contribution in [-0.4, -0.2) is 63.0 Å². The molecule has 2 aliphatic rings. The van der Waals surface area contributed by atoms with Gasteiger partial charge in [0, 0.05) is 32.1 Å². The number of fused-ring (bicyclic) bond motifs is 1. The fraction of sp³-hybridized carbons (Fsp3) is 0.519. The highest BCUT2D eigenvalue weighted by Crippen LogP contribution is 2.31. The van der Waals surface area contributed by atoms with Crippen molar-refractivity contribution in [1.82, 2.24) is 10.2 Å². The fourth-order valence-electron chi connectivity index (χ4n) is 5.16. The number of nitrogens with zero attached hydrogens (tertiary/aromatic N) is 1. The molecule has 4 rings (SSSR count). The van der Waals surface area contributed by atoms with Crippen molar-refractivity contribution < 1.29 is 24.1 Å². The maximum atomic E-state index is 12.8. The summed E-state index contributed by atoms with van der Waals surface area (Å²) in [5, 5.41) is 12.0. The van der Waals surface area contributed by atoms with Crippen LogP contribution in [0.1, 0.15) is 29.5 Å². The Morgan fingerprint density at radius 2 is 1.88 bits per heavy atom. The van der Waals surface area contributed by atoms with E-state index >= 15 is 0 Å². The zero-order valence-electron chi connectivity index (χ0n) is 20.2. The Labute approximate surface area is 202 Å². The molecule has 2 atom stereocenters. The first-order valence-corrected chi connectivity index (χ1v) is 12.2. The predicted octanol–water partition coefficient (Wildman–Crippen LogP) is 2.82. The van der Waals surface area contributed by atoms with Crippen molar-refractivity contribution >= 4 is 5.91 Å². The summed E-state index contributed by atoms with van der Waals surface area (Å²) in [5.41, 5.74) is 3.94. The molecule has 2 aromatic carbocycles. The van der Waals surface area contributed by atoms with Crippen LogP contribution >= 0.6 is 0 Å². The van der Waals surface area contributed by atoms with E-state index in [9.17, 15) is 4.79 Å². The molecule has 1 fully saturated rings. The van der Waals surface area contributed by atoms with E-state index in [1.807, 2.05) is 18.2 Å². The van der Waals surface area contributed by atoms with Crippen molar-refractivity contribution in [2.24, 2.45) is 11.8 Å². The van der Waals surface area contributed by atoms with E-state index in [0.29, 0.717) is 31.2 Å². The van der Waals surface area contributed by atoms with Gasteiger partial charge < -0.3 is 24.6 Å². The highest BCUT2D eigenvalue weighted by Gasteiger charge is 2.32. The van der Waals surface area contributed by atoms with Crippen LogP contribution in [0.15, 0.2) is 36.4 Å². The molecule has 1 saturated heterocycles. The van der Waals surface area contributed by atoms with Gasteiger partial charge in [0.1, 0.15) is 5.75 Å². The third-order valence-electron chi connectivity index (χ3n) is 6.80. The number of methoxy groups -OCH3 is 2. The Kier molecular flexibility index (Phi) is 8.29. The summed E-state index contributed by atoms with van der Waals surface area (Å²) in [7, 11) is 3.26. The number of benzene rings is 2. The number of aliphatic hydroxyl groups is 1. The molecule has 7 nitrogen and oxygen atoms in total. The van der Waals surface area contributed by atoms with E-state index in [2.05, 4.69) is 28.4 Å². The lowest BCUT2D eigenvalue weighted by Crippen LogP contribution is -2.47. The lowest BCUT2D eigenvalue weighted by atomic mass is 9.88. The molecule has 1 aliphatic carbocycles. The zero-order chi connectivity index (χ0) is 23.9. The van der Waals surface area contributed by atoms with E-state index in [-0.39, 0.29) is 30.9 Å². The second-order valence-electron chi connectivity index (χ2n) is 9.29. The normalized spacial score (nSPS) is 20.0. The number of piperidine rings is 1. The largest absolute Gasteiger partial charge is 0.493 e. The Morgan fingerprint density at radius 3 is 2.68 bits per heavy atom. The summed E-state index contributed by atoms with van der Waals surface area (Å²) in [6.45, 7) is 3.02. The van der Waals surface area contributed by atoms with Gasteiger partial charge in [-0.1, -0.05) is 12.1 Å². The van der Waals surface area contributed by atoms with Crippen LogP contribution in [0.3, 0.4) is 0 Å². The minimum absolute atomic E-state index is 0.00593. The van der Waals surface area contributed by atoms with Gasteiger partial charge in [0.05, 0.1) is 33.4 Å². The maximum Gasteiger partial charge on any atom is 0.224 e. The molecule has 2 N–H and O–H groups in total. The van der Waals surface area contributed by atoms with Gasteiger partial charge in [-0.05, 0) is 66.6 Å². The summed E-state index contributed by atoms with van der Waals surface area (Å²) < 4.78 is 17.0. The van der Waals surface area contributed by atoms with Crippen molar-refractivity contribution in [2.75, 3.05) is 47.1 Å². The first-order chi connectivity index (χ1) is 16.6. The number of aryl methyl sites for hydroxylation is 2. The number of amides is 1. The zero-order valence-corrected chi connectivity index (χ0v) is 20.2. The van der Waals surface area contributed by atoms with E-state index in [1.54, 1.807) is 14.2 Å². The second-order valence-corrected chi connectivity index (χ2v) is 9.29. The topological polar surface area (TPSA) is 80.3 Å². The molecule has 2 aromatic rings. The van der Waals surface area contributed by atoms with Gasteiger partial charge in [-0.3, -0.25) is 9.69 Å². The molecule has 1 aliphatic heterocycles. The quantitative estimate of drug-likeness (QED) is 0.558. The van der Waals surface area contributed by atoms with Crippen molar-refractivity contribution in [3.05, 3.63) is 53.1 Å². The predicted molar refractivity (Wildman–Crippen MR) is 130 cm³/mol. The van der Waals surface area contributed by atoms with Crippen LogP contribution in [0.5, 0.6) is 17.2 Å². The molecule has 0 spiro atoms. The minimum atomic E-state index is -0.144. The van der Waals surface area contributed by atoms with Gasteiger partial charge in [0.2, 0.25) is 5.91 Å². The molecular formula is C27H36N2O5. The number of likely N-dealkylation sites (tertiary alicyclic amines) is 1. The molecule has 34 heavy (non-hydrogen) atoms. The second kappa shape index (κ2) is 11.6. The molecule has 0 aromatic heterocycles. The van der Waals surface area contributed by atoms with E-state index in [1.165, 1.54) is 17.5 Å². The summed E-state index contributed by atoms with van der Waals surface area (Å²) in [5.74, 6) is 2.39. The number of hydrogen-bond acceptors (Lipinski definition) is 6. The van der Waals surface area contributed by atoms with Crippen LogP contribution < -0.4 is 19.5 Å². The van der Waals surface area contributed by atoms with Crippen LogP contribution in [0.25, 0.3) is 0 Å². The Bertz CT molecular complexity index is 979. The summed E-state index contributed by atoms with van der Waals surface area (Å²) in [6.07, 6.45) is 4.28. The van der Waals surface area contributed by atoms with Gasteiger partial charge in [-0.2, -0.15) is 0 Å². The molecular weight excluding hydrogens is 432 g/mol. The summed E-state index contributed by atoms with van der Waals surface area (Å²) in [4.78, 5) is 15.1. The fourth-order valence-corrected chi connectivity index (χ4v) is 5.16. The van der Waals surface area contributed by atoms with E-state index in [0.717, 1.165) is 37.1 Å². The minimum Gasteiger partial charge on any atom is -0.493 e. The molecule has 0 radical (unpaired) electrons. The average Bonchev–Trinajstić information content (AvgIpc) is 3.33. The van der Waals surface area contributed by atoms with Gasteiger partial charge >= 0.3 is 0 Å². The van der Waals surface area contributed by atoms with Gasteiger partial charge in [0.15, 0.2) is 11.5 Å². The third-order valence-corrected chi connectivity index (χ3v) is 6.80. The smallest absolute Gasteiger partial charge is 0.224 e. The van der Waals surface area contributed by atoms with E-state index in [4.69, 9.17) is 19.3 Å². The Morgan fingerprint density at radius 1 is 1.06 bits per heavy atom. The van der Waals surface area contributed by atoms with Crippen LogP contribution in [0.4, 0.5) is 0 Å². The first kappa shape index (κ1) is 24.4. The summed E-state index contributed by atoms with van der Waals surface area (Å²) in [6, 6.07) is 12.4. The van der Waals surface area contributed by atoms with Crippen molar-refractivity contribution in [1.29, 1.82) is 0 Å². The first-order valence-electron chi connectivity index (χ1n) is 12.2. The average molecular weight is 469 g/mol. The van der Waals surface area contributed by atoms with Crippen LogP contribution in [0, 0.1) is 11.8 Å². The molecule has 0 bridgehead atoms. The molecule has 1 heterocycles. The highest BCUT2D eigenvalue weighted by atomic mass is 16.5. The standard InChI is InChI=1S/C27H36N2O5/c1-32-25-9-6-19(13-26(25)33-2)15-29-16-20(12-23(17-29)27(31)28-10-11-30)18-34-24-8-7-21-4-3-5-22(21)14-24/h6-9,13-14,20,23,30H,3-5,10-12,15-18H2,1-2H3,(H,28,31)/t20-,23+/m0/s1. The molecule has 7 heteroatoms. The van der Waals surface area contributed by atoms with Crippen molar-refractivity contribution in [3.63, 3.8) is 0 Å². The SMILES string of the molecule is COc1ccc(CN2C[C@@H](COc3ccc4c(c3)CCC4)C[C@@H](C(=O)NCCO)C2)cc1OC. The molecule has 0 saturated carbocycles. The van der Waals surface area contributed by atoms with Gasteiger partial charge in [-0.25, -0.2) is 0 Å². The van der Waals surface area contributed by atoms with Crippen molar-refractivity contribution in [2.45, 2.75) is 32.2 Å². The number of rotatable bonds is 10. The Hall–Kier alpha value is -2.77. The van der Waals surface area contributed by atoms with E-state index < -0.39 is 0 Å². The van der Waals surface area contributed by atoms with Crippen molar-refractivity contribution in [3.8, 4) is 17.2 Å². The number of carbonyl (C=O) groups is 1. The lowest BCUT2D eigenvalue weighted by molar-refractivity contribution is -0.128. The molecule has 1 amide bonds.